The minimum Gasteiger partial charge on any atom is -0.348 e. The average Bonchev–Trinajstić information content (AvgIpc) is 3.26. The molecule has 5 nitrogen and oxygen atoms in total. The first-order chi connectivity index (χ1) is 15.9. The van der Waals surface area contributed by atoms with E-state index in [1.807, 2.05) is 41.3 Å². The molecule has 1 aliphatic heterocycles. The molecule has 0 bridgehead atoms. The van der Waals surface area contributed by atoms with Gasteiger partial charge < -0.3 is 10.2 Å². The van der Waals surface area contributed by atoms with E-state index >= 15 is 0 Å². The van der Waals surface area contributed by atoms with Gasteiger partial charge in [-0.25, -0.2) is 4.98 Å². The maximum Gasteiger partial charge on any atom is 0.253 e. The van der Waals surface area contributed by atoms with Crippen molar-refractivity contribution in [2.24, 2.45) is 5.92 Å². The molecule has 1 fully saturated rings. The molecule has 1 aromatic heterocycles. The number of likely N-dealkylation sites (tertiary alicyclic amines) is 1. The second kappa shape index (κ2) is 11.8. The van der Waals surface area contributed by atoms with Crippen molar-refractivity contribution < 1.29 is 9.59 Å². The van der Waals surface area contributed by atoms with Crippen LogP contribution in [0.3, 0.4) is 0 Å². The fourth-order valence-electron chi connectivity index (χ4n) is 3.60. The van der Waals surface area contributed by atoms with Crippen LogP contribution in [0, 0.1) is 5.92 Å². The quantitative estimate of drug-likeness (QED) is 0.488. The fourth-order valence-corrected chi connectivity index (χ4v) is 4.74. The molecule has 2 aromatic carbocycles. The number of benzene rings is 2. The van der Waals surface area contributed by atoms with Gasteiger partial charge in [-0.05, 0) is 54.7 Å². The van der Waals surface area contributed by atoms with E-state index in [1.165, 1.54) is 15.8 Å². The third kappa shape index (κ3) is 6.99. The number of thiazole rings is 1. The molecule has 33 heavy (non-hydrogen) atoms. The number of para-hydroxylation sites is 1. The zero-order valence-corrected chi connectivity index (χ0v) is 20.5. The Kier molecular flexibility index (Phi) is 8.78. The summed E-state index contributed by atoms with van der Waals surface area (Å²) < 4.78 is 1.23. The average molecular weight is 464 g/mol. The predicted molar refractivity (Wildman–Crippen MR) is 136 cm³/mol. The summed E-state index contributed by atoms with van der Waals surface area (Å²) in [6, 6.07) is 15.7. The van der Waals surface area contributed by atoms with Crippen LogP contribution in [-0.4, -0.2) is 34.8 Å². The van der Waals surface area contributed by atoms with Gasteiger partial charge in [0.15, 0.2) is 0 Å². The number of carbonyl (C=O) groups excluding carboxylic acids is 2. The van der Waals surface area contributed by atoms with Crippen molar-refractivity contribution >= 4 is 33.4 Å². The molecule has 3 aromatic rings. The zero-order valence-electron chi connectivity index (χ0n) is 19.7. The smallest absolute Gasteiger partial charge is 0.253 e. The van der Waals surface area contributed by atoms with E-state index in [4.69, 9.17) is 4.98 Å². The minimum atomic E-state index is -0.207. The highest BCUT2D eigenvalue weighted by Gasteiger charge is 2.26. The van der Waals surface area contributed by atoms with E-state index in [-0.39, 0.29) is 11.8 Å². The number of rotatable bonds is 5. The van der Waals surface area contributed by atoms with Gasteiger partial charge in [-0.1, -0.05) is 51.6 Å². The first kappa shape index (κ1) is 24.6. The number of hydrogen-bond acceptors (Lipinski definition) is 4. The lowest BCUT2D eigenvalue weighted by Gasteiger charge is -2.31. The summed E-state index contributed by atoms with van der Waals surface area (Å²) >= 11 is 1.77. The van der Waals surface area contributed by atoms with Crippen LogP contribution in [0.1, 0.15) is 60.5 Å². The third-order valence-corrected chi connectivity index (χ3v) is 6.49. The molecule has 1 aliphatic rings. The molecule has 174 valence electrons. The Morgan fingerprint density at radius 1 is 1.12 bits per heavy atom. The van der Waals surface area contributed by atoms with Gasteiger partial charge in [0.05, 0.1) is 15.2 Å². The Labute approximate surface area is 200 Å². The molecule has 2 amide bonds. The number of amides is 2. The predicted octanol–water partition coefficient (Wildman–Crippen LogP) is 5.78. The maximum atomic E-state index is 12.8. The molecular weight excluding hydrogens is 430 g/mol. The van der Waals surface area contributed by atoms with Gasteiger partial charge in [0.25, 0.3) is 5.91 Å². The fraction of sp³-hybridized carbons (Fsp3) is 0.370. The third-order valence-electron chi connectivity index (χ3n) is 5.29. The number of carbonyl (C=O) groups is 2. The normalized spacial score (nSPS) is 14.0. The summed E-state index contributed by atoms with van der Waals surface area (Å²) in [5, 5.41) is 3.92. The number of fused-ring (bicyclic) bond motifs is 1. The van der Waals surface area contributed by atoms with Crippen molar-refractivity contribution in [3.63, 3.8) is 0 Å². The second-order valence-corrected chi connectivity index (χ2v) is 10.00. The lowest BCUT2D eigenvalue weighted by molar-refractivity contribution is -0.116. The standard InChI is InChI=1S/C23H23N3O2S.C4H10/c1-2-21(27)24-15-16-7-9-18(10-8-16)23(28)26-13-11-17(12-14-26)22-25-19-5-3-4-6-20(19)29-22;1-4(2)3/h2-10,17H,1,11-15H2,(H,24,27);4H,1-3H3. The topological polar surface area (TPSA) is 62.3 Å². The maximum absolute atomic E-state index is 12.8. The van der Waals surface area contributed by atoms with Crippen LogP contribution in [-0.2, 0) is 11.3 Å². The van der Waals surface area contributed by atoms with Gasteiger partial charge in [-0.2, -0.15) is 0 Å². The molecule has 0 saturated carbocycles. The summed E-state index contributed by atoms with van der Waals surface area (Å²) in [7, 11) is 0. The minimum absolute atomic E-state index is 0.0643. The van der Waals surface area contributed by atoms with Crippen molar-refractivity contribution in [2.75, 3.05) is 13.1 Å². The highest BCUT2D eigenvalue weighted by molar-refractivity contribution is 7.18. The Morgan fingerprint density at radius 3 is 2.36 bits per heavy atom. The monoisotopic (exact) mass is 463 g/mol. The van der Waals surface area contributed by atoms with Gasteiger partial charge in [-0.3, -0.25) is 9.59 Å². The van der Waals surface area contributed by atoms with Gasteiger partial charge >= 0.3 is 0 Å². The molecule has 0 aliphatic carbocycles. The van der Waals surface area contributed by atoms with Crippen molar-refractivity contribution in [1.82, 2.24) is 15.2 Å². The van der Waals surface area contributed by atoms with Crippen LogP contribution in [0.2, 0.25) is 0 Å². The Morgan fingerprint density at radius 2 is 1.76 bits per heavy atom. The van der Waals surface area contributed by atoms with E-state index in [1.54, 1.807) is 11.3 Å². The second-order valence-electron chi connectivity index (χ2n) is 8.94. The van der Waals surface area contributed by atoms with E-state index in [2.05, 4.69) is 44.8 Å². The van der Waals surface area contributed by atoms with Crippen molar-refractivity contribution in [3.05, 3.63) is 77.3 Å². The summed E-state index contributed by atoms with van der Waals surface area (Å²) in [4.78, 5) is 30.8. The van der Waals surface area contributed by atoms with E-state index < -0.39 is 0 Å². The summed E-state index contributed by atoms with van der Waals surface area (Å²) in [5.41, 5.74) is 2.70. The molecule has 4 rings (SSSR count). The van der Waals surface area contributed by atoms with Crippen molar-refractivity contribution in [1.29, 1.82) is 0 Å². The van der Waals surface area contributed by atoms with Crippen molar-refractivity contribution in [2.45, 2.75) is 46.1 Å². The lowest BCUT2D eigenvalue weighted by atomic mass is 9.97. The number of piperidine rings is 1. The first-order valence-electron chi connectivity index (χ1n) is 11.5. The molecule has 0 atom stereocenters. The zero-order chi connectivity index (χ0) is 23.8. The lowest BCUT2D eigenvalue weighted by Crippen LogP contribution is -2.37. The molecule has 0 radical (unpaired) electrons. The van der Waals surface area contributed by atoms with Gasteiger partial charge in [-0.15, -0.1) is 11.3 Å². The molecule has 6 heteroatoms. The van der Waals surface area contributed by atoms with Crippen LogP contribution in [0.5, 0.6) is 0 Å². The summed E-state index contributed by atoms with van der Waals surface area (Å²) in [5.74, 6) is 1.11. The van der Waals surface area contributed by atoms with E-state index in [9.17, 15) is 9.59 Å². The highest BCUT2D eigenvalue weighted by atomic mass is 32.1. The molecule has 2 heterocycles. The van der Waals surface area contributed by atoms with E-state index in [0.717, 1.165) is 42.9 Å². The van der Waals surface area contributed by atoms with Crippen LogP contribution >= 0.6 is 11.3 Å². The van der Waals surface area contributed by atoms with Crippen LogP contribution in [0.15, 0.2) is 61.2 Å². The number of aromatic nitrogens is 1. The molecule has 1 N–H and O–H groups in total. The van der Waals surface area contributed by atoms with Crippen LogP contribution < -0.4 is 5.32 Å². The first-order valence-corrected chi connectivity index (χ1v) is 12.3. The Balaban J connectivity index is 0.000000709. The van der Waals surface area contributed by atoms with Crippen LogP contribution in [0.25, 0.3) is 10.2 Å². The number of nitrogens with one attached hydrogen (secondary N) is 1. The highest BCUT2D eigenvalue weighted by Crippen LogP contribution is 2.34. The van der Waals surface area contributed by atoms with Gasteiger partial charge in [0.2, 0.25) is 5.91 Å². The Hall–Kier alpha value is -2.99. The SMILES string of the molecule is C=CC(=O)NCc1ccc(C(=O)N2CCC(c3nc4ccccc4s3)CC2)cc1.CC(C)C. The molecule has 0 unspecified atom stereocenters. The van der Waals surface area contributed by atoms with Crippen LogP contribution in [0.4, 0.5) is 0 Å². The van der Waals surface area contributed by atoms with Gasteiger partial charge in [0, 0.05) is 31.1 Å². The van der Waals surface area contributed by atoms with Gasteiger partial charge in [0.1, 0.15) is 0 Å². The van der Waals surface area contributed by atoms with Crippen molar-refractivity contribution in [3.8, 4) is 0 Å². The Bertz CT molecular complexity index is 1040. The largest absolute Gasteiger partial charge is 0.348 e. The van der Waals surface area contributed by atoms with E-state index in [0.29, 0.717) is 18.0 Å². The molecular formula is C27H33N3O2S. The summed E-state index contributed by atoms with van der Waals surface area (Å²) in [6.07, 6.45) is 3.13. The molecule has 1 saturated heterocycles. The summed E-state index contributed by atoms with van der Waals surface area (Å²) in [6.45, 7) is 11.8. The number of hydrogen-bond donors (Lipinski definition) is 1. The molecule has 0 spiro atoms. The number of nitrogens with zero attached hydrogens (tertiary/aromatic N) is 2.